The lowest BCUT2D eigenvalue weighted by molar-refractivity contribution is 0.422. The Bertz CT molecular complexity index is 1350. The SMILES string of the molecule is Oc1ccc2c(c1)Oc1ncn3nc(-c4cccs4)nc3c1[C@@H]2c1cccnc1. The van der Waals surface area contributed by atoms with Gasteiger partial charge in [-0.1, -0.05) is 18.2 Å². The maximum atomic E-state index is 9.94. The average molecular weight is 399 g/mol. The second-order valence-electron chi connectivity index (χ2n) is 6.69. The number of benzene rings is 1. The molecule has 1 aliphatic heterocycles. The fourth-order valence-electron chi connectivity index (χ4n) is 3.71. The molecular weight excluding hydrogens is 386 g/mol. The van der Waals surface area contributed by atoms with Gasteiger partial charge in [-0.3, -0.25) is 4.98 Å². The molecule has 0 unspecified atom stereocenters. The first kappa shape index (κ1) is 16.2. The van der Waals surface area contributed by atoms with Crippen LogP contribution in [-0.4, -0.2) is 29.7 Å². The third kappa shape index (κ3) is 2.50. The van der Waals surface area contributed by atoms with Gasteiger partial charge in [0.25, 0.3) is 0 Å². The lowest BCUT2D eigenvalue weighted by Gasteiger charge is -2.27. The van der Waals surface area contributed by atoms with Crippen molar-refractivity contribution in [3.05, 3.63) is 83.3 Å². The van der Waals surface area contributed by atoms with Gasteiger partial charge in [0.2, 0.25) is 5.88 Å². The van der Waals surface area contributed by atoms with Gasteiger partial charge >= 0.3 is 0 Å². The molecule has 4 aromatic heterocycles. The molecule has 0 bridgehead atoms. The van der Waals surface area contributed by atoms with Crippen molar-refractivity contribution < 1.29 is 9.84 Å². The predicted octanol–water partition coefficient (Wildman–Crippen LogP) is 4.24. The van der Waals surface area contributed by atoms with E-state index < -0.39 is 0 Å². The van der Waals surface area contributed by atoms with Gasteiger partial charge < -0.3 is 9.84 Å². The Kier molecular flexibility index (Phi) is 3.41. The quantitative estimate of drug-likeness (QED) is 0.469. The first-order valence-corrected chi connectivity index (χ1v) is 9.86. The van der Waals surface area contributed by atoms with Gasteiger partial charge in [-0.25, -0.2) is 14.5 Å². The molecule has 7 nitrogen and oxygen atoms in total. The number of pyridine rings is 1. The lowest BCUT2D eigenvalue weighted by atomic mass is 9.84. The fourth-order valence-corrected chi connectivity index (χ4v) is 4.36. The second-order valence-corrected chi connectivity index (χ2v) is 7.64. The number of phenolic OH excluding ortho intramolecular Hbond substituents is 1. The Morgan fingerprint density at radius 3 is 2.93 bits per heavy atom. The second kappa shape index (κ2) is 6.11. The van der Waals surface area contributed by atoms with Crippen LogP contribution in [0.2, 0.25) is 0 Å². The van der Waals surface area contributed by atoms with Crippen molar-refractivity contribution in [2.45, 2.75) is 5.92 Å². The smallest absolute Gasteiger partial charge is 0.228 e. The van der Waals surface area contributed by atoms with Gasteiger partial charge in [0.15, 0.2) is 11.5 Å². The normalized spacial score (nSPS) is 15.0. The van der Waals surface area contributed by atoms with Crippen molar-refractivity contribution in [3.8, 4) is 28.1 Å². The zero-order valence-corrected chi connectivity index (χ0v) is 15.7. The van der Waals surface area contributed by atoms with E-state index in [9.17, 15) is 5.11 Å². The number of nitrogens with zero attached hydrogens (tertiary/aromatic N) is 5. The number of fused-ring (bicyclic) bond motifs is 4. The van der Waals surface area contributed by atoms with Gasteiger partial charge in [-0.2, -0.15) is 0 Å². The monoisotopic (exact) mass is 399 g/mol. The number of aromatic hydroxyl groups is 1. The summed E-state index contributed by atoms with van der Waals surface area (Å²) in [6.45, 7) is 0. The lowest BCUT2D eigenvalue weighted by Crippen LogP contribution is -2.15. The molecule has 0 radical (unpaired) electrons. The molecule has 8 heteroatoms. The largest absolute Gasteiger partial charge is 0.508 e. The summed E-state index contributed by atoms with van der Waals surface area (Å²) in [7, 11) is 0. The van der Waals surface area contributed by atoms with Crippen molar-refractivity contribution in [2.75, 3.05) is 0 Å². The van der Waals surface area contributed by atoms with E-state index in [0.29, 0.717) is 23.1 Å². The molecule has 1 aromatic carbocycles. The van der Waals surface area contributed by atoms with Crippen molar-refractivity contribution in [2.24, 2.45) is 0 Å². The molecule has 140 valence electrons. The molecule has 29 heavy (non-hydrogen) atoms. The number of ether oxygens (including phenoxy) is 1. The standard InChI is InChI=1S/C21H13N5O2S/c27-13-5-6-14-15(9-13)28-21-18(17(14)12-3-1-7-22-10-12)20-24-19(16-4-2-8-29-16)25-26(20)11-23-21/h1-11,17,27H/t17-/m1/s1. The van der Waals surface area contributed by atoms with Gasteiger partial charge in [0.1, 0.15) is 17.8 Å². The zero-order valence-electron chi connectivity index (χ0n) is 14.9. The van der Waals surface area contributed by atoms with Crippen LogP contribution < -0.4 is 4.74 Å². The summed E-state index contributed by atoms with van der Waals surface area (Å²) >= 11 is 1.59. The van der Waals surface area contributed by atoms with E-state index >= 15 is 0 Å². The molecule has 1 atom stereocenters. The number of hydrogen-bond acceptors (Lipinski definition) is 7. The van der Waals surface area contributed by atoms with E-state index in [1.165, 1.54) is 0 Å². The van der Waals surface area contributed by atoms with Crippen LogP contribution >= 0.6 is 11.3 Å². The van der Waals surface area contributed by atoms with E-state index in [2.05, 4.69) is 15.1 Å². The molecule has 0 saturated carbocycles. The summed E-state index contributed by atoms with van der Waals surface area (Å²) in [5, 5.41) is 16.5. The third-order valence-corrected chi connectivity index (χ3v) is 5.82. The molecule has 1 aliphatic rings. The molecule has 0 fully saturated rings. The van der Waals surface area contributed by atoms with Gasteiger partial charge in [-0.05, 0) is 29.1 Å². The summed E-state index contributed by atoms with van der Waals surface area (Å²) in [6.07, 6.45) is 5.18. The minimum Gasteiger partial charge on any atom is -0.508 e. The highest BCUT2D eigenvalue weighted by Gasteiger charge is 2.33. The first-order chi connectivity index (χ1) is 14.3. The van der Waals surface area contributed by atoms with Crippen LogP contribution in [0.15, 0.2) is 66.6 Å². The highest BCUT2D eigenvalue weighted by molar-refractivity contribution is 7.13. The minimum absolute atomic E-state index is 0.140. The first-order valence-electron chi connectivity index (χ1n) is 8.98. The number of phenols is 1. The van der Waals surface area contributed by atoms with Gasteiger partial charge in [-0.15, -0.1) is 16.4 Å². The van der Waals surface area contributed by atoms with E-state index in [1.54, 1.807) is 40.5 Å². The maximum Gasteiger partial charge on any atom is 0.228 e. The number of thiophene rings is 1. The Morgan fingerprint density at radius 2 is 2.10 bits per heavy atom. The Hall–Kier alpha value is -3.78. The van der Waals surface area contributed by atoms with E-state index in [1.807, 2.05) is 41.9 Å². The highest BCUT2D eigenvalue weighted by Crippen LogP contribution is 2.48. The van der Waals surface area contributed by atoms with Crippen LogP contribution in [0.5, 0.6) is 17.4 Å². The third-order valence-electron chi connectivity index (χ3n) is 4.95. The minimum atomic E-state index is -0.195. The maximum absolute atomic E-state index is 9.94. The molecule has 0 saturated heterocycles. The Balaban J connectivity index is 1.64. The van der Waals surface area contributed by atoms with Crippen LogP contribution in [-0.2, 0) is 0 Å². The molecule has 5 aromatic rings. The van der Waals surface area contributed by atoms with Crippen LogP contribution in [0.25, 0.3) is 16.3 Å². The number of hydrogen-bond donors (Lipinski definition) is 1. The van der Waals surface area contributed by atoms with Gasteiger partial charge in [0.05, 0.1) is 10.4 Å². The van der Waals surface area contributed by atoms with Crippen LogP contribution in [0.4, 0.5) is 0 Å². The highest BCUT2D eigenvalue weighted by atomic mass is 32.1. The molecular formula is C21H13N5O2S. The summed E-state index contributed by atoms with van der Waals surface area (Å²) < 4.78 is 7.73. The summed E-state index contributed by atoms with van der Waals surface area (Å²) in [4.78, 5) is 14.6. The number of aromatic nitrogens is 5. The van der Waals surface area contributed by atoms with E-state index in [4.69, 9.17) is 9.72 Å². The van der Waals surface area contributed by atoms with E-state index in [-0.39, 0.29) is 11.7 Å². The zero-order chi connectivity index (χ0) is 19.4. The molecule has 0 spiro atoms. The van der Waals surface area contributed by atoms with Crippen LogP contribution in [0.1, 0.15) is 22.6 Å². The van der Waals surface area contributed by atoms with Crippen molar-refractivity contribution in [3.63, 3.8) is 0 Å². The average Bonchev–Trinajstić information content (AvgIpc) is 3.42. The molecule has 0 aliphatic carbocycles. The van der Waals surface area contributed by atoms with Crippen LogP contribution in [0, 0.1) is 0 Å². The summed E-state index contributed by atoms with van der Waals surface area (Å²) in [5.41, 5.74) is 3.42. The van der Waals surface area contributed by atoms with Crippen LogP contribution in [0.3, 0.4) is 0 Å². The molecule has 5 heterocycles. The molecule has 0 amide bonds. The Morgan fingerprint density at radius 1 is 1.14 bits per heavy atom. The van der Waals surface area contributed by atoms with E-state index in [0.717, 1.165) is 21.6 Å². The molecule has 1 N–H and O–H groups in total. The fraction of sp³-hybridized carbons (Fsp3) is 0.0476. The van der Waals surface area contributed by atoms with Gasteiger partial charge in [0, 0.05) is 29.9 Å². The van der Waals surface area contributed by atoms with Crippen molar-refractivity contribution >= 4 is 17.0 Å². The number of rotatable bonds is 2. The van der Waals surface area contributed by atoms with Crippen molar-refractivity contribution in [1.82, 2.24) is 24.6 Å². The molecule has 6 rings (SSSR count). The topological polar surface area (TPSA) is 85.4 Å². The van der Waals surface area contributed by atoms with Crippen molar-refractivity contribution in [1.29, 1.82) is 0 Å². The predicted molar refractivity (Wildman–Crippen MR) is 107 cm³/mol. The Labute approximate surface area is 168 Å². The summed E-state index contributed by atoms with van der Waals surface area (Å²) in [5.74, 6) is 1.62. The summed E-state index contributed by atoms with van der Waals surface area (Å²) in [6, 6.07) is 13.0.